The van der Waals surface area contributed by atoms with Crippen molar-refractivity contribution in [1.29, 1.82) is 0 Å². The third kappa shape index (κ3) is 5.64. The molecule has 0 saturated heterocycles. The summed E-state index contributed by atoms with van der Waals surface area (Å²) in [5.41, 5.74) is 0. The van der Waals surface area contributed by atoms with Gasteiger partial charge in [-0.3, -0.25) is 4.79 Å². The van der Waals surface area contributed by atoms with Gasteiger partial charge in [0.2, 0.25) is 11.0 Å². The lowest BCUT2D eigenvalue weighted by Crippen LogP contribution is -2.22. The van der Waals surface area contributed by atoms with E-state index in [2.05, 4.69) is 15.5 Å². The molecule has 17 heavy (non-hydrogen) atoms. The van der Waals surface area contributed by atoms with Crippen molar-refractivity contribution in [2.75, 3.05) is 11.1 Å². The Hall–Kier alpha value is -1.15. The van der Waals surface area contributed by atoms with Crippen LogP contribution in [0.5, 0.6) is 0 Å². The van der Waals surface area contributed by atoms with Crippen LogP contribution < -0.4 is 10.4 Å². The van der Waals surface area contributed by atoms with Gasteiger partial charge < -0.3 is 15.2 Å². The number of amides is 1. The molecule has 0 aromatic carbocycles. The molecule has 94 valence electrons. The summed E-state index contributed by atoms with van der Waals surface area (Å²) in [5, 5.41) is 20.9. The molecule has 0 aliphatic rings. The van der Waals surface area contributed by atoms with Gasteiger partial charge in [0.1, 0.15) is 0 Å². The molecule has 0 spiro atoms. The fraction of sp³-hybridized carbons (Fsp3) is 0.556. The van der Waals surface area contributed by atoms with Crippen molar-refractivity contribution in [3.05, 3.63) is 0 Å². The quantitative estimate of drug-likeness (QED) is 0.575. The average molecular weight is 274 g/mol. The van der Waals surface area contributed by atoms with Crippen molar-refractivity contribution in [3.8, 4) is 0 Å². The molecule has 0 fully saturated rings. The molecule has 1 aromatic rings. The van der Waals surface area contributed by atoms with Gasteiger partial charge in [-0.25, -0.2) is 0 Å². The van der Waals surface area contributed by atoms with Gasteiger partial charge in [0.15, 0.2) is 4.34 Å². The van der Waals surface area contributed by atoms with Gasteiger partial charge in [-0.15, -0.1) is 10.2 Å². The van der Waals surface area contributed by atoms with Crippen molar-refractivity contribution in [3.63, 3.8) is 0 Å². The predicted octanol–water partition coefficient (Wildman–Crippen LogP) is 0.509. The largest absolute Gasteiger partial charge is 0.550 e. The second-order valence-electron chi connectivity index (χ2n) is 3.08. The predicted molar refractivity (Wildman–Crippen MR) is 63.8 cm³/mol. The molecule has 0 aliphatic heterocycles. The molecule has 0 unspecified atom stereocenters. The fourth-order valence-corrected chi connectivity index (χ4v) is 2.68. The van der Waals surface area contributed by atoms with Gasteiger partial charge >= 0.3 is 0 Å². The second-order valence-corrected chi connectivity index (χ2v) is 5.57. The minimum absolute atomic E-state index is 0.111. The lowest BCUT2D eigenvalue weighted by Gasteiger charge is -2.01. The highest BCUT2D eigenvalue weighted by molar-refractivity contribution is 8.01. The molecule has 1 heterocycles. The lowest BCUT2D eigenvalue weighted by atomic mass is 10.2. The van der Waals surface area contributed by atoms with E-state index in [1.165, 1.54) is 11.3 Å². The first kappa shape index (κ1) is 13.9. The maximum Gasteiger partial charge on any atom is 0.226 e. The molecule has 0 saturated carbocycles. The van der Waals surface area contributed by atoms with E-state index in [0.29, 0.717) is 5.13 Å². The minimum atomic E-state index is -1.14. The summed E-state index contributed by atoms with van der Waals surface area (Å²) >= 11 is 2.86. The Morgan fingerprint density at radius 1 is 1.41 bits per heavy atom. The minimum Gasteiger partial charge on any atom is -0.550 e. The number of aliphatic carboxylic acids is 1. The number of anilines is 1. The van der Waals surface area contributed by atoms with Gasteiger partial charge in [-0.05, 0) is 18.6 Å². The molecule has 1 rings (SSSR count). The first-order chi connectivity index (χ1) is 8.11. The van der Waals surface area contributed by atoms with E-state index in [-0.39, 0.29) is 25.2 Å². The van der Waals surface area contributed by atoms with Crippen LogP contribution in [0.3, 0.4) is 0 Å². The Labute approximate surface area is 107 Å². The van der Waals surface area contributed by atoms with Gasteiger partial charge in [-0.1, -0.05) is 30.0 Å². The Kier molecular flexibility index (Phi) is 5.92. The lowest BCUT2D eigenvalue weighted by molar-refractivity contribution is -0.305. The highest BCUT2D eigenvalue weighted by Gasteiger charge is 2.07. The first-order valence-corrected chi connectivity index (χ1v) is 6.88. The summed E-state index contributed by atoms with van der Waals surface area (Å²) in [5.74, 6) is -0.500. The molecule has 8 heteroatoms. The van der Waals surface area contributed by atoms with E-state index in [4.69, 9.17) is 0 Å². The number of hydrogen-bond acceptors (Lipinski definition) is 7. The molecule has 0 radical (unpaired) electrons. The number of aromatic nitrogens is 2. The van der Waals surface area contributed by atoms with E-state index in [1.807, 2.05) is 6.92 Å². The molecular formula is C9H12N3O3S2-. The molecule has 0 bridgehead atoms. The maximum atomic E-state index is 11.4. The number of carbonyl (C=O) groups excluding carboxylic acids is 2. The van der Waals surface area contributed by atoms with E-state index in [0.717, 1.165) is 10.1 Å². The molecule has 0 atom stereocenters. The van der Waals surface area contributed by atoms with Gasteiger partial charge in [0.05, 0.1) is 0 Å². The normalized spacial score (nSPS) is 10.2. The standard InChI is InChI=1S/C9H13N3O3S2/c1-2-16-9-12-11-8(17-9)10-6(13)4-3-5-7(14)15/h2-5H2,1H3,(H,14,15)(H,10,11,13)/p-1. The van der Waals surface area contributed by atoms with E-state index >= 15 is 0 Å². The molecule has 1 N–H and O–H groups in total. The number of hydrogen-bond donors (Lipinski definition) is 1. The zero-order valence-corrected chi connectivity index (χ0v) is 10.9. The number of carboxylic acids is 1. The van der Waals surface area contributed by atoms with Crippen LogP contribution in [0.15, 0.2) is 4.34 Å². The highest BCUT2D eigenvalue weighted by Crippen LogP contribution is 2.24. The van der Waals surface area contributed by atoms with Crippen molar-refractivity contribution < 1.29 is 14.7 Å². The number of carboxylic acid groups (broad SMARTS) is 1. The van der Waals surface area contributed by atoms with Gasteiger partial charge in [-0.2, -0.15) is 0 Å². The number of carbonyl (C=O) groups is 2. The second kappa shape index (κ2) is 7.23. The van der Waals surface area contributed by atoms with Crippen LogP contribution in [0, 0.1) is 0 Å². The third-order valence-corrected chi connectivity index (χ3v) is 3.56. The van der Waals surface area contributed by atoms with Crippen LogP contribution in [0.25, 0.3) is 0 Å². The molecule has 0 aliphatic carbocycles. The number of nitrogens with one attached hydrogen (secondary N) is 1. The smallest absolute Gasteiger partial charge is 0.226 e. The Balaban J connectivity index is 2.31. The number of nitrogens with zero attached hydrogens (tertiary/aromatic N) is 2. The number of rotatable bonds is 7. The number of thioether (sulfide) groups is 1. The Morgan fingerprint density at radius 3 is 2.82 bits per heavy atom. The van der Waals surface area contributed by atoms with Gasteiger partial charge in [0, 0.05) is 12.4 Å². The Morgan fingerprint density at radius 2 is 2.18 bits per heavy atom. The van der Waals surface area contributed by atoms with E-state index in [9.17, 15) is 14.7 Å². The van der Waals surface area contributed by atoms with Crippen molar-refractivity contribution in [2.45, 2.75) is 30.5 Å². The van der Waals surface area contributed by atoms with Crippen molar-refractivity contribution in [2.24, 2.45) is 0 Å². The fourth-order valence-electron chi connectivity index (χ4n) is 1.02. The van der Waals surface area contributed by atoms with Crippen LogP contribution in [-0.4, -0.2) is 27.8 Å². The maximum absolute atomic E-state index is 11.4. The van der Waals surface area contributed by atoms with Crippen molar-refractivity contribution >= 4 is 40.1 Å². The molecule has 6 nitrogen and oxygen atoms in total. The SMILES string of the molecule is CCSc1nnc(NC(=O)CCCC(=O)[O-])s1. The zero-order valence-electron chi connectivity index (χ0n) is 9.26. The van der Waals surface area contributed by atoms with Crippen LogP contribution in [0.2, 0.25) is 0 Å². The molecular weight excluding hydrogens is 262 g/mol. The average Bonchev–Trinajstić information content (AvgIpc) is 2.65. The summed E-state index contributed by atoms with van der Waals surface area (Å²) in [6.07, 6.45) is 0.299. The monoisotopic (exact) mass is 274 g/mol. The third-order valence-electron chi connectivity index (χ3n) is 1.71. The van der Waals surface area contributed by atoms with Crippen LogP contribution in [0.1, 0.15) is 26.2 Å². The summed E-state index contributed by atoms with van der Waals surface area (Å²) < 4.78 is 0.803. The Bertz CT molecular complexity index is 395. The zero-order chi connectivity index (χ0) is 12.7. The van der Waals surface area contributed by atoms with Gasteiger partial charge in [0.25, 0.3) is 0 Å². The highest BCUT2D eigenvalue weighted by atomic mass is 32.2. The van der Waals surface area contributed by atoms with Crippen LogP contribution in [0.4, 0.5) is 5.13 Å². The van der Waals surface area contributed by atoms with Crippen LogP contribution in [-0.2, 0) is 9.59 Å². The summed E-state index contributed by atoms with van der Waals surface area (Å²) in [6.45, 7) is 2.00. The van der Waals surface area contributed by atoms with E-state index in [1.54, 1.807) is 11.8 Å². The van der Waals surface area contributed by atoms with Crippen molar-refractivity contribution in [1.82, 2.24) is 10.2 Å². The molecule has 1 aromatic heterocycles. The topological polar surface area (TPSA) is 95.0 Å². The first-order valence-electron chi connectivity index (χ1n) is 5.07. The summed E-state index contributed by atoms with van der Waals surface area (Å²) in [7, 11) is 0. The van der Waals surface area contributed by atoms with Crippen LogP contribution >= 0.6 is 23.1 Å². The molecule has 1 amide bonds. The van der Waals surface area contributed by atoms with E-state index < -0.39 is 5.97 Å². The summed E-state index contributed by atoms with van der Waals surface area (Å²) in [4.78, 5) is 21.5. The summed E-state index contributed by atoms with van der Waals surface area (Å²) in [6, 6.07) is 0.